The van der Waals surface area contributed by atoms with E-state index < -0.39 is 0 Å². The summed E-state index contributed by atoms with van der Waals surface area (Å²) in [5.74, 6) is -0.412. The SMILES string of the molecule is CCCCCN(c1ccc(C(C)=O)cc1F)C(C)C. The van der Waals surface area contributed by atoms with Gasteiger partial charge in [-0.3, -0.25) is 4.79 Å². The van der Waals surface area contributed by atoms with Gasteiger partial charge in [0.25, 0.3) is 0 Å². The van der Waals surface area contributed by atoms with Crippen molar-refractivity contribution in [1.29, 1.82) is 0 Å². The molecule has 0 saturated carbocycles. The molecule has 19 heavy (non-hydrogen) atoms. The van der Waals surface area contributed by atoms with Crippen LogP contribution in [0.25, 0.3) is 0 Å². The maximum absolute atomic E-state index is 14.1. The molecule has 0 aromatic heterocycles. The molecular weight excluding hydrogens is 241 g/mol. The number of hydrogen-bond donors (Lipinski definition) is 0. The van der Waals surface area contributed by atoms with Gasteiger partial charge in [0.15, 0.2) is 5.78 Å². The number of hydrogen-bond acceptors (Lipinski definition) is 2. The van der Waals surface area contributed by atoms with Crippen LogP contribution < -0.4 is 4.90 Å². The maximum Gasteiger partial charge on any atom is 0.159 e. The second-order valence-corrected chi connectivity index (χ2v) is 5.22. The van der Waals surface area contributed by atoms with Crippen LogP contribution in [0.3, 0.4) is 0 Å². The number of rotatable bonds is 7. The number of benzene rings is 1. The zero-order valence-corrected chi connectivity index (χ0v) is 12.4. The average Bonchev–Trinajstić information content (AvgIpc) is 2.35. The minimum atomic E-state index is -0.308. The van der Waals surface area contributed by atoms with Gasteiger partial charge in [-0.05, 0) is 45.4 Å². The van der Waals surface area contributed by atoms with Gasteiger partial charge in [-0.2, -0.15) is 0 Å². The van der Waals surface area contributed by atoms with Crippen molar-refractivity contribution in [1.82, 2.24) is 0 Å². The number of carbonyl (C=O) groups is 1. The minimum absolute atomic E-state index is 0.104. The van der Waals surface area contributed by atoms with E-state index in [2.05, 4.69) is 25.7 Å². The van der Waals surface area contributed by atoms with Crippen molar-refractivity contribution in [3.8, 4) is 0 Å². The van der Waals surface area contributed by atoms with E-state index in [9.17, 15) is 9.18 Å². The monoisotopic (exact) mass is 265 g/mol. The fourth-order valence-electron chi connectivity index (χ4n) is 2.15. The van der Waals surface area contributed by atoms with Crippen LogP contribution in [-0.2, 0) is 0 Å². The van der Waals surface area contributed by atoms with Crippen molar-refractivity contribution in [3.63, 3.8) is 0 Å². The molecule has 0 bridgehead atoms. The molecule has 0 atom stereocenters. The molecule has 0 aliphatic rings. The summed E-state index contributed by atoms with van der Waals surface area (Å²) in [6.07, 6.45) is 3.36. The summed E-state index contributed by atoms with van der Waals surface area (Å²) < 4.78 is 14.1. The third kappa shape index (κ3) is 4.34. The Balaban J connectivity index is 2.93. The number of anilines is 1. The van der Waals surface area contributed by atoms with Gasteiger partial charge in [0.2, 0.25) is 0 Å². The molecule has 0 radical (unpaired) electrons. The van der Waals surface area contributed by atoms with Crippen molar-refractivity contribution >= 4 is 11.5 Å². The molecule has 0 aliphatic carbocycles. The first kappa shape index (κ1) is 15.7. The number of unbranched alkanes of at least 4 members (excludes halogenated alkanes) is 2. The summed E-state index contributed by atoms with van der Waals surface area (Å²) in [4.78, 5) is 13.3. The summed E-state index contributed by atoms with van der Waals surface area (Å²) in [6.45, 7) is 8.58. The Bertz CT molecular complexity index is 429. The van der Waals surface area contributed by atoms with Gasteiger partial charge in [0, 0.05) is 18.2 Å². The fourth-order valence-corrected chi connectivity index (χ4v) is 2.15. The molecule has 0 fully saturated rings. The molecule has 1 aromatic rings. The van der Waals surface area contributed by atoms with Crippen LogP contribution in [0.4, 0.5) is 10.1 Å². The van der Waals surface area contributed by atoms with E-state index in [0.717, 1.165) is 25.8 Å². The van der Waals surface area contributed by atoms with E-state index in [-0.39, 0.29) is 17.6 Å². The first-order valence-corrected chi connectivity index (χ1v) is 7.04. The van der Waals surface area contributed by atoms with E-state index in [1.807, 2.05) is 0 Å². The van der Waals surface area contributed by atoms with Gasteiger partial charge in [0.05, 0.1) is 5.69 Å². The molecule has 0 N–H and O–H groups in total. The Morgan fingerprint density at radius 2 is 2.00 bits per heavy atom. The number of carbonyl (C=O) groups excluding carboxylic acids is 1. The van der Waals surface area contributed by atoms with Crippen molar-refractivity contribution in [2.75, 3.05) is 11.4 Å². The normalized spacial score (nSPS) is 10.8. The summed E-state index contributed by atoms with van der Waals surface area (Å²) in [6, 6.07) is 5.01. The molecule has 0 saturated heterocycles. The lowest BCUT2D eigenvalue weighted by molar-refractivity contribution is 0.101. The largest absolute Gasteiger partial charge is 0.367 e. The predicted octanol–water partition coefficient (Wildman–Crippen LogP) is 4.43. The van der Waals surface area contributed by atoms with Crippen LogP contribution >= 0.6 is 0 Å². The van der Waals surface area contributed by atoms with Crippen molar-refractivity contribution < 1.29 is 9.18 Å². The first-order valence-electron chi connectivity index (χ1n) is 7.04. The summed E-state index contributed by atoms with van der Waals surface area (Å²) >= 11 is 0. The van der Waals surface area contributed by atoms with Gasteiger partial charge in [-0.1, -0.05) is 19.8 Å². The van der Waals surface area contributed by atoms with Crippen molar-refractivity contribution in [3.05, 3.63) is 29.6 Å². The number of ketones is 1. The molecule has 2 nitrogen and oxygen atoms in total. The van der Waals surface area contributed by atoms with Crippen LogP contribution in [0.15, 0.2) is 18.2 Å². The molecule has 106 valence electrons. The molecule has 0 aliphatic heterocycles. The van der Waals surface area contributed by atoms with Gasteiger partial charge < -0.3 is 4.90 Å². The zero-order chi connectivity index (χ0) is 14.4. The van der Waals surface area contributed by atoms with Crippen LogP contribution in [0.1, 0.15) is 57.3 Å². The summed E-state index contributed by atoms with van der Waals surface area (Å²) in [5.41, 5.74) is 1.02. The van der Waals surface area contributed by atoms with Gasteiger partial charge in [-0.25, -0.2) is 4.39 Å². The quantitative estimate of drug-likeness (QED) is 0.537. The Hall–Kier alpha value is -1.38. The standard InChI is InChI=1S/C16H24FNO/c1-5-6-7-10-18(12(2)3)16-9-8-14(13(4)19)11-15(16)17/h8-9,11-12H,5-7,10H2,1-4H3. The zero-order valence-electron chi connectivity index (χ0n) is 12.4. The minimum Gasteiger partial charge on any atom is -0.367 e. The van der Waals surface area contributed by atoms with E-state index in [4.69, 9.17) is 0 Å². The molecular formula is C16H24FNO. The molecule has 0 heterocycles. The Morgan fingerprint density at radius 3 is 2.47 bits per heavy atom. The maximum atomic E-state index is 14.1. The van der Waals surface area contributed by atoms with E-state index in [1.54, 1.807) is 12.1 Å². The third-order valence-corrected chi connectivity index (χ3v) is 3.29. The predicted molar refractivity (Wildman–Crippen MR) is 78.4 cm³/mol. The fraction of sp³-hybridized carbons (Fsp3) is 0.562. The third-order valence-electron chi connectivity index (χ3n) is 3.29. The van der Waals surface area contributed by atoms with Crippen molar-refractivity contribution in [2.45, 2.75) is 53.0 Å². The van der Waals surface area contributed by atoms with E-state index >= 15 is 0 Å². The summed E-state index contributed by atoms with van der Waals surface area (Å²) in [5, 5.41) is 0. The Kier molecular flexibility index (Phi) is 6.00. The smallest absolute Gasteiger partial charge is 0.159 e. The first-order chi connectivity index (χ1) is 8.97. The van der Waals surface area contributed by atoms with E-state index in [0.29, 0.717) is 11.3 Å². The lowest BCUT2D eigenvalue weighted by Crippen LogP contribution is -2.32. The highest BCUT2D eigenvalue weighted by molar-refractivity contribution is 5.94. The van der Waals surface area contributed by atoms with Gasteiger partial charge >= 0.3 is 0 Å². The molecule has 1 aromatic carbocycles. The Labute approximate surface area is 115 Å². The van der Waals surface area contributed by atoms with Crippen LogP contribution in [0.5, 0.6) is 0 Å². The number of halogens is 1. The van der Waals surface area contributed by atoms with Gasteiger partial charge in [0.1, 0.15) is 5.82 Å². The highest BCUT2D eigenvalue weighted by atomic mass is 19.1. The highest BCUT2D eigenvalue weighted by Crippen LogP contribution is 2.23. The van der Waals surface area contributed by atoms with Crippen LogP contribution in [0, 0.1) is 5.82 Å². The Morgan fingerprint density at radius 1 is 1.32 bits per heavy atom. The molecule has 3 heteroatoms. The molecule has 0 amide bonds. The number of nitrogens with zero attached hydrogens (tertiary/aromatic N) is 1. The molecule has 0 unspecified atom stereocenters. The second-order valence-electron chi connectivity index (χ2n) is 5.22. The second kappa shape index (κ2) is 7.27. The van der Waals surface area contributed by atoms with Crippen LogP contribution in [-0.4, -0.2) is 18.4 Å². The highest BCUT2D eigenvalue weighted by Gasteiger charge is 2.15. The summed E-state index contributed by atoms with van der Waals surface area (Å²) in [7, 11) is 0. The van der Waals surface area contributed by atoms with Gasteiger partial charge in [-0.15, -0.1) is 0 Å². The van der Waals surface area contributed by atoms with Crippen molar-refractivity contribution in [2.24, 2.45) is 0 Å². The molecule has 0 spiro atoms. The lowest BCUT2D eigenvalue weighted by Gasteiger charge is -2.29. The average molecular weight is 265 g/mol. The molecule has 1 rings (SSSR count). The van der Waals surface area contributed by atoms with E-state index in [1.165, 1.54) is 13.0 Å². The number of Topliss-reactive ketones (excluding diaryl/α,β-unsaturated/α-hetero) is 1. The lowest BCUT2D eigenvalue weighted by atomic mass is 10.1. The van der Waals surface area contributed by atoms with Crippen LogP contribution in [0.2, 0.25) is 0 Å². The topological polar surface area (TPSA) is 20.3 Å².